The minimum Gasteiger partial charge on any atom is -0.508 e. The smallest absolute Gasteiger partial charge is 0.116 e. The number of hydrogen-bond acceptors (Lipinski definition) is 2. The number of aromatic nitrogens is 1. The molecule has 0 fully saturated rings. The van der Waals surface area contributed by atoms with Crippen molar-refractivity contribution in [3.05, 3.63) is 30.0 Å². The molecule has 88 valence electrons. The lowest BCUT2D eigenvalue weighted by molar-refractivity contribution is 0.476. The highest BCUT2D eigenvalue weighted by molar-refractivity contribution is 5.84. The Morgan fingerprint density at radius 2 is 2.00 bits per heavy atom. The van der Waals surface area contributed by atoms with Gasteiger partial charge in [0.1, 0.15) is 5.75 Å². The van der Waals surface area contributed by atoms with E-state index in [0.717, 1.165) is 22.9 Å². The summed E-state index contributed by atoms with van der Waals surface area (Å²) < 4.78 is 0. The molecule has 0 radical (unpaired) electrons. The zero-order valence-electron chi connectivity index (χ0n) is 9.96. The van der Waals surface area contributed by atoms with Crippen molar-refractivity contribution in [3.8, 4) is 5.75 Å². The molecule has 0 bridgehead atoms. The lowest BCUT2D eigenvalue weighted by Gasteiger charge is -1.96. The molecule has 0 amide bonds. The van der Waals surface area contributed by atoms with E-state index >= 15 is 0 Å². The van der Waals surface area contributed by atoms with Gasteiger partial charge in [-0.25, -0.2) is 0 Å². The summed E-state index contributed by atoms with van der Waals surface area (Å²) in [4.78, 5) is 3.13. The van der Waals surface area contributed by atoms with Crippen LogP contribution in [-0.2, 0) is 6.42 Å². The van der Waals surface area contributed by atoms with Crippen molar-refractivity contribution < 1.29 is 5.11 Å². The second-order valence-electron chi connectivity index (χ2n) is 3.79. The normalized spacial score (nSPS) is 9.94. The molecule has 1 aromatic carbocycles. The summed E-state index contributed by atoms with van der Waals surface area (Å²) in [5.41, 5.74) is 7.68. The summed E-state index contributed by atoms with van der Waals surface area (Å²) in [6, 6.07) is 5.30. The van der Waals surface area contributed by atoms with Crippen molar-refractivity contribution in [2.45, 2.75) is 26.7 Å². The van der Waals surface area contributed by atoms with E-state index < -0.39 is 0 Å². The van der Waals surface area contributed by atoms with E-state index in [1.807, 2.05) is 12.3 Å². The van der Waals surface area contributed by atoms with E-state index in [0.29, 0.717) is 12.3 Å². The van der Waals surface area contributed by atoms with Gasteiger partial charge < -0.3 is 15.8 Å². The Kier molecular flexibility index (Phi) is 4.86. The third-order valence-corrected chi connectivity index (χ3v) is 2.16. The van der Waals surface area contributed by atoms with Crippen molar-refractivity contribution in [3.63, 3.8) is 0 Å². The SMILES string of the molecule is CCC.NCCc1c[nH]c2ccc(O)cc12. The Morgan fingerprint density at radius 1 is 1.31 bits per heavy atom. The fourth-order valence-electron chi connectivity index (χ4n) is 1.53. The Balaban J connectivity index is 0.000000386. The first-order valence-electron chi connectivity index (χ1n) is 5.72. The number of phenolic OH excluding ortho intramolecular Hbond substituents is 1. The van der Waals surface area contributed by atoms with Crippen LogP contribution in [0.4, 0.5) is 0 Å². The first kappa shape index (κ1) is 12.6. The minimum atomic E-state index is 0.297. The number of rotatable bonds is 2. The third kappa shape index (κ3) is 3.00. The van der Waals surface area contributed by atoms with Gasteiger partial charge in [0.25, 0.3) is 0 Å². The molecular formula is C13H20N2O. The van der Waals surface area contributed by atoms with Gasteiger partial charge in [0, 0.05) is 17.1 Å². The summed E-state index contributed by atoms with van der Waals surface area (Å²) in [5, 5.41) is 10.4. The average Bonchev–Trinajstić information content (AvgIpc) is 2.63. The van der Waals surface area contributed by atoms with Gasteiger partial charge in [-0.2, -0.15) is 0 Å². The molecular weight excluding hydrogens is 200 g/mol. The summed E-state index contributed by atoms with van der Waals surface area (Å²) >= 11 is 0. The Labute approximate surface area is 96.3 Å². The van der Waals surface area contributed by atoms with Gasteiger partial charge in [0.2, 0.25) is 0 Å². The molecule has 0 saturated carbocycles. The number of fused-ring (bicyclic) bond motifs is 1. The lowest BCUT2D eigenvalue weighted by Crippen LogP contribution is -2.01. The van der Waals surface area contributed by atoms with Crippen LogP contribution in [-0.4, -0.2) is 16.6 Å². The number of nitrogens with two attached hydrogens (primary N) is 1. The Hall–Kier alpha value is -1.48. The van der Waals surface area contributed by atoms with Crippen LogP contribution in [0, 0.1) is 0 Å². The van der Waals surface area contributed by atoms with E-state index in [1.54, 1.807) is 12.1 Å². The molecule has 16 heavy (non-hydrogen) atoms. The van der Waals surface area contributed by atoms with Gasteiger partial charge in [0.15, 0.2) is 0 Å². The number of H-pyrrole nitrogens is 1. The van der Waals surface area contributed by atoms with Crippen molar-refractivity contribution >= 4 is 10.9 Å². The van der Waals surface area contributed by atoms with Crippen molar-refractivity contribution in [1.29, 1.82) is 0 Å². The minimum absolute atomic E-state index is 0.297. The number of aromatic amines is 1. The van der Waals surface area contributed by atoms with Crippen LogP contribution in [0.2, 0.25) is 0 Å². The first-order chi connectivity index (χ1) is 7.72. The number of hydrogen-bond donors (Lipinski definition) is 3. The molecule has 1 aromatic heterocycles. The van der Waals surface area contributed by atoms with Gasteiger partial charge in [0.05, 0.1) is 0 Å². The fraction of sp³-hybridized carbons (Fsp3) is 0.385. The molecule has 0 aliphatic heterocycles. The molecule has 0 aliphatic rings. The van der Waals surface area contributed by atoms with E-state index in [-0.39, 0.29) is 0 Å². The molecule has 0 aliphatic carbocycles. The maximum atomic E-state index is 9.30. The molecule has 0 spiro atoms. The van der Waals surface area contributed by atoms with Crippen molar-refractivity contribution in [1.82, 2.24) is 4.98 Å². The number of aromatic hydroxyl groups is 1. The Morgan fingerprint density at radius 3 is 2.62 bits per heavy atom. The van der Waals surface area contributed by atoms with E-state index in [9.17, 15) is 5.11 Å². The second-order valence-corrected chi connectivity index (χ2v) is 3.79. The number of phenols is 1. The molecule has 1 heterocycles. The standard InChI is InChI=1S/C10H12N2O.C3H8/c11-4-3-7-6-12-10-2-1-8(13)5-9(7)10;1-3-2/h1-2,5-6,12-13H,3-4,11H2;3H2,1-2H3. The van der Waals surface area contributed by atoms with Crippen LogP contribution < -0.4 is 5.73 Å². The summed E-state index contributed by atoms with van der Waals surface area (Å²) in [7, 11) is 0. The maximum absolute atomic E-state index is 9.30. The van der Waals surface area contributed by atoms with Crippen LogP contribution >= 0.6 is 0 Å². The van der Waals surface area contributed by atoms with Gasteiger partial charge in [-0.1, -0.05) is 20.3 Å². The molecule has 0 saturated heterocycles. The van der Waals surface area contributed by atoms with Crippen LogP contribution in [0.5, 0.6) is 5.75 Å². The van der Waals surface area contributed by atoms with Crippen molar-refractivity contribution in [2.75, 3.05) is 6.54 Å². The highest BCUT2D eigenvalue weighted by Crippen LogP contribution is 2.22. The molecule has 4 N–H and O–H groups in total. The lowest BCUT2D eigenvalue weighted by atomic mass is 10.1. The number of benzene rings is 1. The molecule has 0 unspecified atom stereocenters. The largest absolute Gasteiger partial charge is 0.508 e. The van der Waals surface area contributed by atoms with E-state index in [1.165, 1.54) is 6.42 Å². The molecule has 3 nitrogen and oxygen atoms in total. The monoisotopic (exact) mass is 220 g/mol. The fourth-order valence-corrected chi connectivity index (χ4v) is 1.53. The first-order valence-corrected chi connectivity index (χ1v) is 5.72. The van der Waals surface area contributed by atoms with Crippen LogP contribution in [0.3, 0.4) is 0 Å². The van der Waals surface area contributed by atoms with E-state index in [4.69, 9.17) is 5.73 Å². The predicted octanol–water partition coefficient (Wildman–Crippen LogP) is 2.79. The summed E-state index contributed by atoms with van der Waals surface area (Å²) in [6.07, 6.45) is 4.03. The summed E-state index contributed by atoms with van der Waals surface area (Å²) in [5.74, 6) is 0.297. The van der Waals surface area contributed by atoms with Gasteiger partial charge in [-0.05, 0) is 36.7 Å². The zero-order chi connectivity index (χ0) is 12.0. The highest BCUT2D eigenvalue weighted by Gasteiger charge is 2.02. The molecule has 2 aromatic rings. The third-order valence-electron chi connectivity index (χ3n) is 2.16. The van der Waals surface area contributed by atoms with Gasteiger partial charge >= 0.3 is 0 Å². The average molecular weight is 220 g/mol. The zero-order valence-corrected chi connectivity index (χ0v) is 9.96. The maximum Gasteiger partial charge on any atom is 0.116 e. The molecule has 0 atom stereocenters. The van der Waals surface area contributed by atoms with Crippen LogP contribution in [0.1, 0.15) is 25.8 Å². The second kappa shape index (κ2) is 6.18. The Bertz CT molecular complexity index is 434. The van der Waals surface area contributed by atoms with Gasteiger partial charge in [-0.15, -0.1) is 0 Å². The highest BCUT2D eigenvalue weighted by atomic mass is 16.3. The van der Waals surface area contributed by atoms with Crippen molar-refractivity contribution in [2.24, 2.45) is 5.73 Å². The van der Waals surface area contributed by atoms with Gasteiger partial charge in [-0.3, -0.25) is 0 Å². The van der Waals surface area contributed by atoms with Crippen LogP contribution in [0.25, 0.3) is 10.9 Å². The molecule has 2 rings (SSSR count). The quantitative estimate of drug-likeness (QED) is 0.728. The van der Waals surface area contributed by atoms with Crippen LogP contribution in [0.15, 0.2) is 24.4 Å². The topological polar surface area (TPSA) is 62.0 Å². The number of nitrogens with one attached hydrogen (secondary N) is 1. The predicted molar refractivity (Wildman–Crippen MR) is 68.7 cm³/mol. The summed E-state index contributed by atoms with van der Waals surface area (Å²) in [6.45, 7) is 4.88. The van der Waals surface area contributed by atoms with E-state index in [2.05, 4.69) is 18.8 Å². The molecule has 3 heteroatoms.